The molecule has 0 radical (unpaired) electrons. The van der Waals surface area contributed by atoms with E-state index in [0.29, 0.717) is 12.3 Å². The van der Waals surface area contributed by atoms with Crippen molar-refractivity contribution in [2.75, 3.05) is 10.6 Å². The Bertz CT molecular complexity index is 599. The summed E-state index contributed by atoms with van der Waals surface area (Å²) in [5, 5.41) is 5.58. The fourth-order valence-electron chi connectivity index (χ4n) is 1.91. The van der Waals surface area contributed by atoms with E-state index in [1.807, 2.05) is 36.4 Å². The molecule has 0 saturated heterocycles. The van der Waals surface area contributed by atoms with Gasteiger partial charge < -0.3 is 10.6 Å². The Labute approximate surface area is 129 Å². The molecule has 21 heavy (non-hydrogen) atoms. The first-order valence-electron chi connectivity index (χ1n) is 6.70. The molecule has 4 nitrogen and oxygen atoms in total. The van der Waals surface area contributed by atoms with Gasteiger partial charge in [-0.3, -0.25) is 4.29 Å². The second kappa shape index (κ2) is 7.67. The average Bonchev–Trinajstić information content (AvgIpc) is 2.49. The predicted octanol–water partition coefficient (Wildman–Crippen LogP) is 4.56. The van der Waals surface area contributed by atoms with Gasteiger partial charge in [-0.2, -0.15) is 0 Å². The third kappa shape index (κ3) is 4.77. The molecule has 0 aromatic heterocycles. The molecule has 0 saturated carbocycles. The molecule has 0 bridgehead atoms. The molecule has 0 heterocycles. The van der Waals surface area contributed by atoms with Crippen molar-refractivity contribution in [2.45, 2.75) is 20.0 Å². The number of halogens is 1. The highest BCUT2D eigenvalue weighted by Crippen LogP contribution is 2.14. The average molecular weight is 305 g/mol. The second-order valence-corrected chi connectivity index (χ2v) is 4.80. The number of aryl methyl sites for hydroxylation is 1. The van der Waals surface area contributed by atoms with E-state index >= 15 is 0 Å². The summed E-state index contributed by atoms with van der Waals surface area (Å²) in [5.74, 6) is 0. The van der Waals surface area contributed by atoms with Gasteiger partial charge in [-0.05, 0) is 41.8 Å². The number of nitrogens with one attached hydrogen (secondary N) is 2. The van der Waals surface area contributed by atoms with Crippen LogP contribution in [0.2, 0.25) is 0 Å². The summed E-state index contributed by atoms with van der Waals surface area (Å²) in [6.45, 7) is 2.41. The Hall–Kier alpha value is -2.04. The van der Waals surface area contributed by atoms with Gasteiger partial charge in [0.1, 0.15) is 0 Å². The molecule has 0 aliphatic heterocycles. The Kier molecular flexibility index (Phi) is 5.60. The smallest absolute Gasteiger partial charge is 0.308 e. The lowest BCUT2D eigenvalue weighted by Crippen LogP contribution is -2.19. The molecule has 0 aliphatic carbocycles. The Morgan fingerprint density at radius 2 is 1.76 bits per heavy atom. The van der Waals surface area contributed by atoms with Gasteiger partial charge in [-0.25, -0.2) is 4.79 Å². The fraction of sp³-hybridized carbons (Fsp3) is 0.188. The first-order chi connectivity index (χ1) is 10.2. The minimum absolute atomic E-state index is 0.274. The Morgan fingerprint density at radius 3 is 2.43 bits per heavy atom. The zero-order valence-corrected chi connectivity index (χ0v) is 12.5. The van der Waals surface area contributed by atoms with Crippen molar-refractivity contribution < 1.29 is 9.08 Å². The van der Waals surface area contributed by atoms with Crippen LogP contribution in [0.25, 0.3) is 0 Å². The molecule has 110 valence electrons. The highest BCUT2D eigenvalue weighted by molar-refractivity contribution is 6.07. The van der Waals surface area contributed by atoms with Crippen LogP contribution in [-0.2, 0) is 17.3 Å². The molecular weight excluding hydrogens is 288 g/mol. The number of hydrogen-bond donors (Lipinski definition) is 2. The SMILES string of the molecule is CCc1cccc(NC(=O)Nc2ccc(COCl)cc2)c1. The highest BCUT2D eigenvalue weighted by Gasteiger charge is 2.03. The largest absolute Gasteiger partial charge is 0.323 e. The fourth-order valence-corrected chi connectivity index (χ4v) is 2.04. The molecular formula is C16H17ClN2O2. The maximum Gasteiger partial charge on any atom is 0.323 e. The first kappa shape index (κ1) is 15.4. The van der Waals surface area contributed by atoms with Gasteiger partial charge in [0.25, 0.3) is 0 Å². The minimum atomic E-state index is -0.274. The number of urea groups is 1. The molecule has 2 N–H and O–H groups in total. The summed E-state index contributed by atoms with van der Waals surface area (Å²) in [6, 6.07) is 14.8. The van der Waals surface area contributed by atoms with Crippen molar-refractivity contribution in [3.8, 4) is 0 Å². The lowest BCUT2D eigenvalue weighted by atomic mass is 10.1. The van der Waals surface area contributed by atoms with Crippen molar-refractivity contribution in [3.05, 3.63) is 59.7 Å². The van der Waals surface area contributed by atoms with E-state index in [9.17, 15) is 4.79 Å². The van der Waals surface area contributed by atoms with E-state index in [0.717, 1.165) is 17.7 Å². The summed E-state index contributed by atoms with van der Waals surface area (Å²) in [5.41, 5.74) is 3.60. The van der Waals surface area contributed by atoms with Crippen LogP contribution in [0, 0.1) is 0 Å². The number of carbonyl (C=O) groups is 1. The summed E-state index contributed by atoms with van der Waals surface area (Å²) < 4.78 is 4.52. The molecule has 2 amide bonds. The van der Waals surface area contributed by atoms with Crippen LogP contribution in [-0.4, -0.2) is 6.03 Å². The van der Waals surface area contributed by atoms with Crippen LogP contribution in [0.3, 0.4) is 0 Å². The van der Waals surface area contributed by atoms with Gasteiger partial charge in [-0.1, -0.05) is 31.2 Å². The molecule has 2 rings (SSSR count). The molecule has 0 unspecified atom stereocenters. The predicted molar refractivity (Wildman–Crippen MR) is 85.5 cm³/mol. The first-order valence-corrected chi connectivity index (χ1v) is 7.01. The molecule has 0 atom stereocenters. The molecule has 2 aromatic rings. The van der Waals surface area contributed by atoms with Crippen LogP contribution in [0.1, 0.15) is 18.1 Å². The Balaban J connectivity index is 1.94. The number of anilines is 2. The molecule has 0 fully saturated rings. The standard InChI is InChI=1S/C16H17ClN2O2/c1-2-12-4-3-5-15(10-12)19-16(20)18-14-8-6-13(7-9-14)11-21-17/h3-10H,2,11H2,1H3,(H2,18,19,20). The number of hydrogen-bond acceptors (Lipinski definition) is 2. The maximum absolute atomic E-state index is 11.9. The van der Waals surface area contributed by atoms with Crippen molar-refractivity contribution >= 4 is 29.3 Å². The van der Waals surface area contributed by atoms with Crippen LogP contribution < -0.4 is 10.6 Å². The third-order valence-corrected chi connectivity index (χ3v) is 3.14. The van der Waals surface area contributed by atoms with Crippen molar-refractivity contribution in [3.63, 3.8) is 0 Å². The van der Waals surface area contributed by atoms with Crippen LogP contribution >= 0.6 is 11.9 Å². The van der Waals surface area contributed by atoms with Crippen molar-refractivity contribution in [2.24, 2.45) is 0 Å². The normalized spacial score (nSPS) is 10.2. The van der Waals surface area contributed by atoms with Gasteiger partial charge in [0.2, 0.25) is 0 Å². The quantitative estimate of drug-likeness (QED) is 0.850. The van der Waals surface area contributed by atoms with Gasteiger partial charge >= 0.3 is 6.03 Å². The van der Waals surface area contributed by atoms with E-state index in [1.54, 1.807) is 12.1 Å². The number of rotatable bonds is 5. The maximum atomic E-state index is 11.9. The molecule has 0 spiro atoms. The third-order valence-electron chi connectivity index (χ3n) is 3.03. The van der Waals surface area contributed by atoms with Gasteiger partial charge in [0.15, 0.2) is 0 Å². The van der Waals surface area contributed by atoms with Crippen LogP contribution in [0.15, 0.2) is 48.5 Å². The summed E-state index contributed by atoms with van der Waals surface area (Å²) >= 11 is 5.20. The lowest BCUT2D eigenvalue weighted by Gasteiger charge is -2.09. The summed E-state index contributed by atoms with van der Waals surface area (Å²) in [6.07, 6.45) is 0.932. The number of benzene rings is 2. The summed E-state index contributed by atoms with van der Waals surface area (Å²) in [7, 11) is 0. The monoisotopic (exact) mass is 304 g/mol. The second-order valence-electron chi connectivity index (χ2n) is 4.58. The van der Waals surface area contributed by atoms with Crippen LogP contribution in [0.5, 0.6) is 0 Å². The van der Waals surface area contributed by atoms with E-state index < -0.39 is 0 Å². The van der Waals surface area contributed by atoms with Crippen molar-refractivity contribution in [1.82, 2.24) is 0 Å². The molecule has 0 aliphatic rings. The van der Waals surface area contributed by atoms with Crippen LogP contribution in [0.4, 0.5) is 16.2 Å². The topological polar surface area (TPSA) is 50.4 Å². The van der Waals surface area contributed by atoms with Gasteiger partial charge in [0, 0.05) is 11.4 Å². The van der Waals surface area contributed by atoms with E-state index in [2.05, 4.69) is 21.8 Å². The van der Waals surface area contributed by atoms with Gasteiger partial charge in [-0.15, -0.1) is 0 Å². The highest BCUT2D eigenvalue weighted by atomic mass is 35.5. The number of carbonyl (C=O) groups excluding carboxylic acids is 1. The van der Waals surface area contributed by atoms with E-state index in [-0.39, 0.29) is 6.03 Å². The zero-order valence-electron chi connectivity index (χ0n) is 11.7. The summed E-state index contributed by atoms with van der Waals surface area (Å²) in [4.78, 5) is 11.9. The van der Waals surface area contributed by atoms with E-state index in [1.165, 1.54) is 5.56 Å². The minimum Gasteiger partial charge on any atom is -0.308 e. The Morgan fingerprint density at radius 1 is 1.05 bits per heavy atom. The lowest BCUT2D eigenvalue weighted by molar-refractivity contribution is 0.262. The molecule has 2 aromatic carbocycles. The van der Waals surface area contributed by atoms with E-state index in [4.69, 9.17) is 11.9 Å². The molecule has 5 heteroatoms. The van der Waals surface area contributed by atoms with Crippen molar-refractivity contribution in [1.29, 1.82) is 0 Å². The zero-order chi connectivity index (χ0) is 15.1. The van der Waals surface area contributed by atoms with Gasteiger partial charge in [0.05, 0.1) is 18.5 Å². The number of amides is 2.